The Kier molecular flexibility index (Phi) is 23.4. The van der Waals surface area contributed by atoms with Crippen molar-refractivity contribution in [2.75, 3.05) is 50.1 Å². The van der Waals surface area contributed by atoms with E-state index in [-0.39, 0.29) is 74.9 Å². The highest BCUT2D eigenvalue weighted by atomic mass is 16.5. The fourth-order valence-electron chi connectivity index (χ4n) is 8.04. The zero-order valence-corrected chi connectivity index (χ0v) is 45.2. The number of carbonyl (C=O) groups is 7. The number of benzene rings is 3. The number of nitrogens with two attached hydrogens (primary N) is 1. The minimum Gasteiger partial charge on any atom is -0.392 e. The molecule has 1 aliphatic heterocycles. The molecule has 1 aliphatic rings. The molecule has 0 saturated heterocycles. The predicted molar refractivity (Wildman–Crippen MR) is 289 cm³/mol. The summed E-state index contributed by atoms with van der Waals surface area (Å²) in [4.78, 5) is 91.7. The second-order valence-electron chi connectivity index (χ2n) is 20.1. The molecule has 4 aromatic rings. The van der Waals surface area contributed by atoms with Crippen molar-refractivity contribution in [2.45, 2.75) is 132 Å². The lowest BCUT2D eigenvalue weighted by Gasteiger charge is -2.31. The van der Waals surface area contributed by atoms with Gasteiger partial charge in [0.1, 0.15) is 11.7 Å². The first kappa shape index (κ1) is 60.4. The first-order chi connectivity index (χ1) is 35.6. The van der Waals surface area contributed by atoms with Crippen LogP contribution in [0, 0.1) is 11.3 Å². The Morgan fingerprint density at radius 2 is 1.51 bits per heavy atom. The van der Waals surface area contributed by atoms with Crippen LogP contribution in [0.3, 0.4) is 0 Å². The maximum Gasteiger partial charge on any atom is 0.312 e. The number of aliphatic hydroxyl groups is 1. The lowest BCUT2D eigenvalue weighted by Crippen LogP contribution is -2.51. The first-order valence-corrected chi connectivity index (χ1v) is 25.8. The van der Waals surface area contributed by atoms with Crippen molar-refractivity contribution in [2.24, 2.45) is 17.1 Å². The predicted octanol–water partition coefficient (Wildman–Crippen LogP) is 5.67. The van der Waals surface area contributed by atoms with Crippen LogP contribution >= 0.6 is 0 Å². The number of hydrogen-bond donors (Lipinski definition) is 7. The Bertz CT molecular complexity index is 2560. The van der Waals surface area contributed by atoms with Crippen LogP contribution in [-0.4, -0.2) is 118 Å². The number of aromatic nitrogens is 3. The van der Waals surface area contributed by atoms with Crippen molar-refractivity contribution in [3.63, 3.8) is 0 Å². The van der Waals surface area contributed by atoms with E-state index in [0.717, 1.165) is 40.2 Å². The minimum absolute atomic E-state index is 0.0438. The number of carbonyl (C=O) groups excluding carboxylic acids is 7. The van der Waals surface area contributed by atoms with Gasteiger partial charge in [0.05, 0.1) is 36.7 Å². The minimum atomic E-state index is -0.866. The fraction of sp³-hybridized carbons (Fsp3) is 0.509. The quantitative estimate of drug-likeness (QED) is 0.0425. The van der Waals surface area contributed by atoms with Gasteiger partial charge in [-0.2, -0.15) is 0 Å². The van der Waals surface area contributed by atoms with Gasteiger partial charge in [-0.3, -0.25) is 28.8 Å². The van der Waals surface area contributed by atoms with Crippen LogP contribution < -0.4 is 37.2 Å². The molecule has 0 saturated carbocycles. The van der Waals surface area contributed by atoms with E-state index in [2.05, 4.69) is 36.9 Å². The van der Waals surface area contributed by atoms with E-state index >= 15 is 0 Å². The molecule has 5 rings (SSSR count). The summed E-state index contributed by atoms with van der Waals surface area (Å²) in [5.74, 6) is -2.00. The van der Waals surface area contributed by atoms with Crippen molar-refractivity contribution in [1.82, 2.24) is 41.2 Å². The largest absolute Gasteiger partial charge is 0.392 e. The number of aliphatic hydroxyl groups excluding tert-OH is 1. The molecule has 75 heavy (non-hydrogen) atoms. The number of aryl methyl sites for hydroxylation is 1. The zero-order chi connectivity index (χ0) is 55.3. The molecule has 8 amide bonds. The first-order valence-electron chi connectivity index (χ1n) is 25.8. The third-order valence-corrected chi connectivity index (χ3v) is 12.8. The summed E-state index contributed by atoms with van der Waals surface area (Å²) in [5.41, 5.74) is 9.73. The van der Waals surface area contributed by atoms with Gasteiger partial charge in [-0.15, -0.1) is 5.10 Å². The standard InChI is InChI=1S/C51H69N9O8.C4H10N2O/c1-9-60-47-38-16-11-10-15-36(38)32-59(40-18-13-12-17-39(40)46(47)56-57-60)44(65)25-28-52-49(67)50(4,5)27-30-68-51(6,7)26-29-58(8)43(64)20-14-19-41(62)55-45(34(2)3)48(66)53-31-42(63)54-37-23-21-35(33-61)22-24-37;1-2-3-6-4(5)7/h10-13,15-18,21-24,34,45,61H,9,14,19-20,25-33H2,1-8H3,(H,52,67)(H,53,66)(H,54,63)(H,55,62);2-3H2,1H3,(H3,5,6,7). The van der Waals surface area contributed by atoms with E-state index in [0.29, 0.717) is 56.9 Å². The summed E-state index contributed by atoms with van der Waals surface area (Å²) in [7, 11) is 1.71. The van der Waals surface area contributed by atoms with Crippen LogP contribution in [0.5, 0.6) is 0 Å². The maximum absolute atomic E-state index is 14.0. The number of para-hydroxylation sites is 1. The van der Waals surface area contributed by atoms with Crippen LogP contribution in [0.2, 0.25) is 0 Å². The number of amides is 8. The Balaban J connectivity index is 0.00000162. The Hall–Kier alpha value is -7.19. The van der Waals surface area contributed by atoms with Crippen LogP contribution in [-0.2, 0) is 53.2 Å². The average Bonchev–Trinajstić information content (AvgIpc) is 3.80. The highest BCUT2D eigenvalue weighted by Crippen LogP contribution is 2.41. The van der Waals surface area contributed by atoms with Crippen molar-refractivity contribution in [1.29, 1.82) is 0 Å². The van der Waals surface area contributed by atoms with E-state index in [4.69, 9.17) is 10.5 Å². The van der Waals surface area contributed by atoms with E-state index in [1.807, 2.05) is 94.8 Å². The van der Waals surface area contributed by atoms with Gasteiger partial charge in [-0.1, -0.05) is 94.4 Å². The molecular weight excluding hydrogens is 959 g/mol. The van der Waals surface area contributed by atoms with Crippen LogP contribution in [0.1, 0.15) is 111 Å². The average molecular weight is 1040 g/mol. The van der Waals surface area contributed by atoms with Gasteiger partial charge in [-0.05, 0) is 81.7 Å². The van der Waals surface area contributed by atoms with E-state index in [1.165, 1.54) is 0 Å². The van der Waals surface area contributed by atoms with Gasteiger partial charge in [0.2, 0.25) is 35.4 Å². The Morgan fingerprint density at radius 1 is 0.827 bits per heavy atom. The summed E-state index contributed by atoms with van der Waals surface area (Å²) in [6.07, 6.45) is 2.47. The summed E-state index contributed by atoms with van der Waals surface area (Å²) >= 11 is 0. The number of nitrogens with one attached hydrogen (secondary N) is 5. The van der Waals surface area contributed by atoms with Crippen LogP contribution in [0.15, 0.2) is 72.8 Å². The van der Waals surface area contributed by atoms with Gasteiger partial charge < -0.3 is 52.0 Å². The third-order valence-electron chi connectivity index (χ3n) is 12.8. The molecule has 8 N–H and O–H groups in total. The molecule has 0 fully saturated rings. The molecule has 0 spiro atoms. The van der Waals surface area contributed by atoms with Gasteiger partial charge >= 0.3 is 6.03 Å². The lowest BCUT2D eigenvalue weighted by molar-refractivity contribution is -0.133. The number of rotatable bonds is 25. The molecule has 2 heterocycles. The number of ether oxygens (including phenoxy) is 1. The monoisotopic (exact) mass is 1040 g/mol. The fourth-order valence-corrected chi connectivity index (χ4v) is 8.04. The highest BCUT2D eigenvalue weighted by molar-refractivity contribution is 6.00. The Morgan fingerprint density at radius 3 is 2.15 bits per heavy atom. The smallest absolute Gasteiger partial charge is 0.312 e. The van der Waals surface area contributed by atoms with Crippen molar-refractivity contribution in [3.8, 4) is 22.5 Å². The highest BCUT2D eigenvalue weighted by Gasteiger charge is 2.32. The second-order valence-corrected chi connectivity index (χ2v) is 20.1. The number of fused-ring (bicyclic) bond motifs is 5. The number of nitrogens with zero attached hydrogens (tertiary/aromatic N) is 5. The molecule has 0 bridgehead atoms. The van der Waals surface area contributed by atoms with E-state index < -0.39 is 34.9 Å². The van der Waals surface area contributed by atoms with E-state index in [1.54, 1.807) is 55.0 Å². The summed E-state index contributed by atoms with van der Waals surface area (Å²) < 4.78 is 8.12. The third kappa shape index (κ3) is 18.6. The lowest BCUT2D eigenvalue weighted by atomic mass is 9.88. The van der Waals surface area contributed by atoms with Gasteiger partial charge in [0, 0.05) is 81.3 Å². The molecule has 0 radical (unpaired) electrons. The SMILES string of the molecule is CCCNC(N)=O.CCn1nnc2c1-c1ccccc1CN(C(=O)CCNC(=O)C(C)(C)CCOC(C)(C)CCN(C)C(=O)CCCC(=O)NC(C(=O)NCC(=O)Nc1ccc(CO)cc1)C(C)C)c1ccccc1-2. The van der Waals surface area contributed by atoms with Crippen LogP contribution in [0.4, 0.5) is 16.2 Å². The molecule has 1 unspecified atom stereocenters. The second kappa shape index (κ2) is 29.0. The zero-order valence-electron chi connectivity index (χ0n) is 45.2. The van der Waals surface area contributed by atoms with Crippen molar-refractivity contribution < 1.29 is 43.4 Å². The summed E-state index contributed by atoms with van der Waals surface area (Å²) in [6, 6.07) is 21.1. The number of hydrogen-bond acceptors (Lipinski definition) is 11. The molecule has 1 atom stereocenters. The van der Waals surface area contributed by atoms with Gasteiger partial charge in [0.25, 0.3) is 0 Å². The topological polar surface area (TPSA) is 272 Å². The molecule has 20 nitrogen and oxygen atoms in total. The van der Waals surface area contributed by atoms with Gasteiger partial charge in [-0.25, -0.2) is 9.48 Å². The Labute approximate surface area is 441 Å². The summed E-state index contributed by atoms with van der Waals surface area (Å²) in [5, 5.41) is 31.6. The molecular formula is C55H79N11O9. The van der Waals surface area contributed by atoms with Crippen molar-refractivity contribution in [3.05, 3.63) is 83.9 Å². The summed E-state index contributed by atoms with van der Waals surface area (Å²) in [6.45, 7) is 17.3. The van der Waals surface area contributed by atoms with E-state index in [9.17, 15) is 38.7 Å². The number of urea groups is 1. The number of primary amides is 1. The molecule has 20 heteroatoms. The molecule has 3 aromatic carbocycles. The number of anilines is 2. The van der Waals surface area contributed by atoms with Crippen LogP contribution in [0.25, 0.3) is 22.5 Å². The molecule has 1 aromatic heterocycles. The van der Waals surface area contributed by atoms with Gasteiger partial charge in [0.15, 0.2) is 0 Å². The maximum atomic E-state index is 14.0. The molecule has 408 valence electrons. The van der Waals surface area contributed by atoms with Crippen molar-refractivity contribution >= 4 is 52.8 Å². The molecule has 0 aliphatic carbocycles. The normalized spacial score (nSPS) is 12.3.